The second-order valence-electron chi connectivity index (χ2n) is 3.34. The highest BCUT2D eigenvalue weighted by molar-refractivity contribution is 5.78. The van der Waals surface area contributed by atoms with Crippen LogP contribution in [0.3, 0.4) is 0 Å². The van der Waals surface area contributed by atoms with E-state index in [1.54, 1.807) is 16.9 Å². The minimum Gasteiger partial charge on any atom is -0.359 e. The summed E-state index contributed by atoms with van der Waals surface area (Å²) in [6.45, 7) is 4.17. The van der Waals surface area contributed by atoms with Crippen LogP contribution in [0.4, 0.5) is 0 Å². The van der Waals surface area contributed by atoms with Gasteiger partial charge in [0.15, 0.2) is 12.0 Å². The molecule has 0 aromatic carbocycles. The molecule has 15 heavy (non-hydrogen) atoms. The van der Waals surface area contributed by atoms with Gasteiger partial charge in [0.1, 0.15) is 6.54 Å². The summed E-state index contributed by atoms with van der Waals surface area (Å²) < 4.78 is 6.71. The zero-order chi connectivity index (χ0) is 10.8. The highest BCUT2D eigenvalue weighted by Crippen LogP contribution is 2.12. The molecule has 0 bridgehead atoms. The lowest BCUT2D eigenvalue weighted by Gasteiger charge is -1.99. The number of aromatic nitrogens is 3. The van der Waals surface area contributed by atoms with Crippen LogP contribution in [-0.2, 0) is 6.54 Å². The summed E-state index contributed by atoms with van der Waals surface area (Å²) in [5.74, 6) is 0.720. The predicted octanol–water partition coefficient (Wildman–Crippen LogP) is 1.35. The standard InChI is InChI=1S/C10H11N3O2/c1-7-10(6-14)8(2)13(12-7)5-9-3-4-11-15-9/h3-4,6H,5H2,1-2H3. The van der Waals surface area contributed by atoms with Gasteiger partial charge in [-0.3, -0.25) is 9.48 Å². The Labute approximate surface area is 86.7 Å². The third-order valence-corrected chi connectivity index (χ3v) is 2.35. The van der Waals surface area contributed by atoms with Crippen LogP contribution >= 0.6 is 0 Å². The third kappa shape index (κ3) is 1.68. The molecule has 78 valence electrons. The molecule has 5 nitrogen and oxygen atoms in total. The van der Waals surface area contributed by atoms with E-state index in [1.807, 2.05) is 13.8 Å². The molecule has 2 heterocycles. The van der Waals surface area contributed by atoms with Crippen molar-refractivity contribution in [3.63, 3.8) is 0 Å². The molecule has 0 aliphatic rings. The minimum atomic E-state index is 0.501. The van der Waals surface area contributed by atoms with E-state index in [2.05, 4.69) is 10.3 Å². The minimum absolute atomic E-state index is 0.501. The van der Waals surface area contributed by atoms with Gasteiger partial charge in [0.05, 0.1) is 17.5 Å². The molecule has 0 radical (unpaired) electrons. The first-order valence-corrected chi connectivity index (χ1v) is 4.61. The van der Waals surface area contributed by atoms with Gasteiger partial charge in [0, 0.05) is 11.8 Å². The van der Waals surface area contributed by atoms with Crippen LogP contribution in [0, 0.1) is 13.8 Å². The number of aldehydes is 1. The van der Waals surface area contributed by atoms with Gasteiger partial charge >= 0.3 is 0 Å². The van der Waals surface area contributed by atoms with Gasteiger partial charge in [0.25, 0.3) is 0 Å². The van der Waals surface area contributed by atoms with Crippen LogP contribution in [-0.4, -0.2) is 21.2 Å². The SMILES string of the molecule is Cc1nn(Cc2ccno2)c(C)c1C=O. The molecule has 0 saturated heterocycles. The highest BCUT2D eigenvalue weighted by atomic mass is 16.5. The number of rotatable bonds is 3. The van der Waals surface area contributed by atoms with Crippen LogP contribution in [0.25, 0.3) is 0 Å². The zero-order valence-electron chi connectivity index (χ0n) is 8.60. The monoisotopic (exact) mass is 205 g/mol. The Bertz CT molecular complexity index is 471. The smallest absolute Gasteiger partial charge is 0.158 e. The average molecular weight is 205 g/mol. The number of nitrogens with zero attached hydrogens (tertiary/aromatic N) is 3. The molecule has 0 atom stereocenters. The Hall–Kier alpha value is -1.91. The summed E-state index contributed by atoms with van der Waals surface area (Å²) in [6.07, 6.45) is 2.41. The maximum atomic E-state index is 10.8. The van der Waals surface area contributed by atoms with Crippen LogP contribution in [0.2, 0.25) is 0 Å². The molecule has 0 saturated carbocycles. The molecule has 0 aliphatic carbocycles. The average Bonchev–Trinajstić information content (AvgIpc) is 2.78. The van der Waals surface area contributed by atoms with Gasteiger partial charge in [-0.1, -0.05) is 5.16 Å². The first kappa shape index (κ1) is 9.64. The normalized spacial score (nSPS) is 10.5. The summed E-state index contributed by atoms with van der Waals surface area (Å²) in [6, 6.07) is 1.77. The van der Waals surface area contributed by atoms with Crippen molar-refractivity contribution < 1.29 is 9.32 Å². The van der Waals surface area contributed by atoms with Crippen molar-refractivity contribution in [1.82, 2.24) is 14.9 Å². The van der Waals surface area contributed by atoms with Crippen LogP contribution < -0.4 is 0 Å². The van der Waals surface area contributed by atoms with E-state index in [-0.39, 0.29) is 0 Å². The van der Waals surface area contributed by atoms with Crippen molar-refractivity contribution in [1.29, 1.82) is 0 Å². The summed E-state index contributed by atoms with van der Waals surface area (Å²) in [7, 11) is 0. The van der Waals surface area contributed by atoms with Crippen molar-refractivity contribution in [3.05, 3.63) is 35.0 Å². The predicted molar refractivity (Wildman–Crippen MR) is 52.7 cm³/mol. The van der Waals surface area contributed by atoms with Gasteiger partial charge < -0.3 is 4.52 Å². The van der Waals surface area contributed by atoms with Gasteiger partial charge in [-0.05, 0) is 13.8 Å². The fraction of sp³-hybridized carbons (Fsp3) is 0.300. The molecular formula is C10H11N3O2. The number of hydrogen-bond acceptors (Lipinski definition) is 4. The van der Waals surface area contributed by atoms with Crippen LogP contribution in [0.5, 0.6) is 0 Å². The van der Waals surface area contributed by atoms with Gasteiger partial charge in [-0.25, -0.2) is 0 Å². The molecular weight excluding hydrogens is 194 g/mol. The molecule has 0 fully saturated rings. The molecule has 0 spiro atoms. The maximum Gasteiger partial charge on any atom is 0.158 e. The third-order valence-electron chi connectivity index (χ3n) is 2.35. The summed E-state index contributed by atoms with van der Waals surface area (Å²) in [5.41, 5.74) is 2.23. The molecule has 0 N–H and O–H groups in total. The first-order chi connectivity index (χ1) is 7.22. The molecule has 2 aromatic rings. The van der Waals surface area contributed by atoms with Crippen LogP contribution in [0.15, 0.2) is 16.8 Å². The fourth-order valence-corrected chi connectivity index (χ4v) is 1.51. The molecule has 5 heteroatoms. The van der Waals surface area contributed by atoms with Crippen molar-refractivity contribution in [3.8, 4) is 0 Å². The number of carbonyl (C=O) groups is 1. The quantitative estimate of drug-likeness (QED) is 0.709. The number of hydrogen-bond donors (Lipinski definition) is 0. The summed E-state index contributed by atoms with van der Waals surface area (Å²) >= 11 is 0. The van der Waals surface area contributed by atoms with E-state index in [9.17, 15) is 4.79 Å². The van der Waals surface area contributed by atoms with E-state index >= 15 is 0 Å². The first-order valence-electron chi connectivity index (χ1n) is 4.61. The highest BCUT2D eigenvalue weighted by Gasteiger charge is 2.11. The van der Waals surface area contributed by atoms with E-state index < -0.39 is 0 Å². The molecule has 2 rings (SSSR count). The second-order valence-corrected chi connectivity index (χ2v) is 3.34. The molecule has 0 unspecified atom stereocenters. The molecule has 0 amide bonds. The Morgan fingerprint density at radius 3 is 2.87 bits per heavy atom. The Morgan fingerprint density at radius 2 is 2.33 bits per heavy atom. The summed E-state index contributed by atoms with van der Waals surface area (Å²) in [5, 5.41) is 7.87. The van der Waals surface area contributed by atoms with Gasteiger partial charge in [-0.2, -0.15) is 5.10 Å². The number of aryl methyl sites for hydroxylation is 1. The van der Waals surface area contributed by atoms with Crippen LogP contribution in [0.1, 0.15) is 27.5 Å². The largest absolute Gasteiger partial charge is 0.359 e. The number of carbonyl (C=O) groups excluding carboxylic acids is 1. The molecule has 0 aliphatic heterocycles. The zero-order valence-corrected chi connectivity index (χ0v) is 8.60. The summed E-state index contributed by atoms with van der Waals surface area (Å²) in [4.78, 5) is 10.8. The van der Waals surface area contributed by atoms with E-state index in [1.165, 1.54) is 0 Å². The van der Waals surface area contributed by atoms with E-state index in [0.717, 1.165) is 23.4 Å². The van der Waals surface area contributed by atoms with Crippen molar-refractivity contribution in [2.24, 2.45) is 0 Å². The Kier molecular flexibility index (Phi) is 2.37. The van der Waals surface area contributed by atoms with Crippen molar-refractivity contribution in [2.75, 3.05) is 0 Å². The molecule has 2 aromatic heterocycles. The lowest BCUT2D eigenvalue weighted by Crippen LogP contribution is -2.03. The topological polar surface area (TPSA) is 60.9 Å². The van der Waals surface area contributed by atoms with Gasteiger partial charge in [-0.15, -0.1) is 0 Å². The second kappa shape index (κ2) is 3.68. The maximum absolute atomic E-state index is 10.8. The van der Waals surface area contributed by atoms with Crippen molar-refractivity contribution >= 4 is 6.29 Å². The van der Waals surface area contributed by atoms with E-state index in [4.69, 9.17) is 4.52 Å². The van der Waals surface area contributed by atoms with Gasteiger partial charge in [0.2, 0.25) is 0 Å². The fourth-order valence-electron chi connectivity index (χ4n) is 1.51. The lowest BCUT2D eigenvalue weighted by atomic mass is 10.2. The Balaban J connectivity index is 2.33. The lowest BCUT2D eigenvalue weighted by molar-refractivity contribution is 0.112. The van der Waals surface area contributed by atoms with Crippen molar-refractivity contribution in [2.45, 2.75) is 20.4 Å². The van der Waals surface area contributed by atoms with E-state index in [0.29, 0.717) is 12.1 Å². The Morgan fingerprint density at radius 1 is 1.53 bits per heavy atom.